The minimum atomic E-state index is -0.591. The summed E-state index contributed by atoms with van der Waals surface area (Å²) in [7, 11) is 6.08. The Morgan fingerprint density at radius 2 is 1.51 bits per heavy atom. The van der Waals surface area contributed by atoms with Gasteiger partial charge >= 0.3 is 0 Å². The number of benzene rings is 2. The van der Waals surface area contributed by atoms with Crippen LogP contribution in [0.15, 0.2) is 94.7 Å². The van der Waals surface area contributed by atoms with Gasteiger partial charge in [-0.2, -0.15) is 0 Å². The fraction of sp³-hybridized carbons (Fsp3) is 0.394. The van der Waals surface area contributed by atoms with E-state index in [-0.39, 0.29) is 10.8 Å². The molecule has 2 aliphatic heterocycles. The molecule has 1 unspecified atom stereocenters. The summed E-state index contributed by atoms with van der Waals surface area (Å²) < 4.78 is 6.29. The summed E-state index contributed by atoms with van der Waals surface area (Å²) in [5, 5.41) is 0.873. The highest BCUT2D eigenvalue weighted by Crippen LogP contribution is 2.52. The van der Waals surface area contributed by atoms with Gasteiger partial charge in [-0.25, -0.2) is 0 Å². The van der Waals surface area contributed by atoms with E-state index in [9.17, 15) is 0 Å². The highest BCUT2D eigenvalue weighted by atomic mass is 35.5. The van der Waals surface area contributed by atoms with Crippen molar-refractivity contribution in [3.05, 3.63) is 106 Å². The molecule has 2 heterocycles. The number of fused-ring (bicyclic) bond motifs is 2. The second-order valence-electron chi connectivity index (χ2n) is 11.6. The van der Waals surface area contributed by atoms with Gasteiger partial charge in [0.1, 0.15) is 0 Å². The molecule has 0 radical (unpaired) electrons. The average molecular weight is 515 g/mol. The molecule has 0 fully saturated rings. The number of hydrogen-bond donors (Lipinski definition) is 0. The molecule has 2 aromatic rings. The van der Waals surface area contributed by atoms with E-state index in [2.05, 4.69) is 124 Å². The van der Waals surface area contributed by atoms with Crippen molar-refractivity contribution >= 4 is 23.0 Å². The first-order valence-electron chi connectivity index (χ1n) is 13.3. The Bertz CT molecular complexity index is 1350. The summed E-state index contributed by atoms with van der Waals surface area (Å²) >= 11 is 7.06. The summed E-state index contributed by atoms with van der Waals surface area (Å²) in [5.74, 6) is 0. The zero-order chi connectivity index (χ0) is 26.6. The highest BCUT2D eigenvalue weighted by Gasteiger charge is 2.54. The maximum atomic E-state index is 7.06. The predicted molar refractivity (Wildman–Crippen MR) is 158 cm³/mol. The third kappa shape index (κ3) is 3.82. The lowest BCUT2D eigenvalue weighted by Crippen LogP contribution is -2.54. The molecular formula is C33H39ClN2O. The number of halogens is 1. The third-order valence-electron chi connectivity index (χ3n) is 8.99. The van der Waals surface area contributed by atoms with Crippen LogP contribution in [0.2, 0.25) is 0 Å². The maximum absolute atomic E-state index is 7.06. The summed E-state index contributed by atoms with van der Waals surface area (Å²) in [6.07, 6.45) is 12.0. The Labute approximate surface area is 227 Å². The van der Waals surface area contributed by atoms with Crippen LogP contribution in [0.5, 0.6) is 0 Å². The van der Waals surface area contributed by atoms with E-state index in [1.165, 1.54) is 39.3 Å². The normalized spacial score (nSPS) is 26.5. The van der Waals surface area contributed by atoms with Crippen LogP contribution >= 0.6 is 11.6 Å². The Kier molecular flexibility index (Phi) is 6.45. The molecule has 1 atom stereocenters. The molecule has 2 aromatic carbocycles. The van der Waals surface area contributed by atoms with Crippen LogP contribution in [0, 0.1) is 0 Å². The average Bonchev–Trinajstić information content (AvgIpc) is 3.19. The van der Waals surface area contributed by atoms with E-state index in [1.54, 1.807) is 7.11 Å². The standard InChI is InChI=1S/C33H39ClN2O/c1-31(2)25-15-8-10-17-27(25)35(5)29(31)20-19-23-13-12-14-24(30(23)34)21-22-33(37-7)32(3,4)26-16-9-11-18-28(26)36(33)6/h8-11,15-22H,12-14H2,1-7H3. The number of nitrogens with zero attached hydrogens (tertiary/aromatic N) is 2. The van der Waals surface area contributed by atoms with Crippen molar-refractivity contribution < 1.29 is 4.74 Å². The largest absolute Gasteiger partial charge is 0.354 e. The lowest BCUT2D eigenvalue weighted by molar-refractivity contribution is -0.0128. The number of allylic oxidation sites excluding steroid dienone is 7. The van der Waals surface area contributed by atoms with E-state index in [0.29, 0.717) is 0 Å². The molecule has 37 heavy (non-hydrogen) atoms. The zero-order valence-corrected chi connectivity index (χ0v) is 24.0. The molecule has 194 valence electrons. The predicted octanol–water partition coefficient (Wildman–Crippen LogP) is 8.23. The van der Waals surface area contributed by atoms with Crippen LogP contribution in [0.1, 0.15) is 58.1 Å². The first kappa shape index (κ1) is 25.9. The van der Waals surface area contributed by atoms with Gasteiger partial charge in [-0.15, -0.1) is 0 Å². The number of likely N-dealkylation sites (N-methyl/N-ethyl adjacent to an activating group) is 2. The van der Waals surface area contributed by atoms with Gasteiger partial charge in [0.2, 0.25) is 0 Å². The molecule has 1 aliphatic carbocycles. The quantitative estimate of drug-likeness (QED) is 0.408. The fourth-order valence-corrected chi connectivity index (χ4v) is 7.08. The lowest BCUT2D eigenvalue weighted by Gasteiger charge is -2.43. The van der Waals surface area contributed by atoms with Gasteiger partial charge < -0.3 is 14.5 Å². The van der Waals surface area contributed by atoms with Crippen molar-refractivity contribution in [2.75, 3.05) is 31.0 Å². The molecule has 4 heteroatoms. The van der Waals surface area contributed by atoms with Crippen LogP contribution in [-0.4, -0.2) is 26.9 Å². The van der Waals surface area contributed by atoms with Crippen molar-refractivity contribution in [1.82, 2.24) is 0 Å². The van der Waals surface area contributed by atoms with Crippen LogP contribution in [-0.2, 0) is 15.6 Å². The number of hydrogen-bond acceptors (Lipinski definition) is 3. The monoisotopic (exact) mass is 514 g/mol. The molecule has 0 saturated carbocycles. The molecule has 0 saturated heterocycles. The molecule has 0 spiro atoms. The molecule has 5 rings (SSSR count). The van der Waals surface area contributed by atoms with Crippen molar-refractivity contribution in [2.24, 2.45) is 0 Å². The second kappa shape index (κ2) is 9.22. The van der Waals surface area contributed by atoms with Crippen molar-refractivity contribution in [3.63, 3.8) is 0 Å². The van der Waals surface area contributed by atoms with Gasteiger partial charge in [-0.3, -0.25) is 0 Å². The smallest absolute Gasteiger partial charge is 0.169 e. The molecular weight excluding hydrogens is 476 g/mol. The zero-order valence-electron chi connectivity index (χ0n) is 23.2. The van der Waals surface area contributed by atoms with Crippen molar-refractivity contribution in [2.45, 2.75) is 63.5 Å². The van der Waals surface area contributed by atoms with E-state index >= 15 is 0 Å². The first-order chi connectivity index (χ1) is 17.6. The number of ether oxygens (including phenoxy) is 1. The third-order valence-corrected chi connectivity index (χ3v) is 9.48. The topological polar surface area (TPSA) is 15.7 Å². The van der Waals surface area contributed by atoms with E-state index in [1.807, 2.05) is 0 Å². The van der Waals surface area contributed by atoms with Crippen LogP contribution in [0.4, 0.5) is 11.4 Å². The Morgan fingerprint density at radius 3 is 2.16 bits per heavy atom. The Balaban J connectivity index is 1.48. The molecule has 0 N–H and O–H groups in total. The van der Waals surface area contributed by atoms with Gasteiger partial charge in [-0.05, 0) is 65.8 Å². The van der Waals surface area contributed by atoms with Gasteiger partial charge in [0.05, 0.1) is 0 Å². The first-order valence-corrected chi connectivity index (χ1v) is 13.7. The minimum Gasteiger partial charge on any atom is -0.354 e. The van der Waals surface area contributed by atoms with E-state index in [0.717, 1.165) is 24.3 Å². The summed E-state index contributed by atoms with van der Waals surface area (Å²) in [6, 6.07) is 17.3. The highest BCUT2D eigenvalue weighted by molar-refractivity contribution is 6.32. The fourth-order valence-electron chi connectivity index (χ4n) is 6.77. The Hall–Kier alpha value is -2.75. The minimum absolute atomic E-state index is 0.0471. The Morgan fingerprint density at radius 1 is 0.865 bits per heavy atom. The van der Waals surface area contributed by atoms with Crippen LogP contribution < -0.4 is 9.80 Å². The second-order valence-corrected chi connectivity index (χ2v) is 12.0. The summed E-state index contributed by atoms with van der Waals surface area (Å²) in [5.41, 5.74) is 7.96. The van der Waals surface area contributed by atoms with Crippen LogP contribution in [0.3, 0.4) is 0 Å². The molecule has 3 nitrogen and oxygen atoms in total. The molecule has 0 aromatic heterocycles. The number of para-hydroxylation sites is 2. The molecule has 3 aliphatic rings. The van der Waals surface area contributed by atoms with Gasteiger partial charge in [0, 0.05) is 54.1 Å². The van der Waals surface area contributed by atoms with Crippen LogP contribution in [0.25, 0.3) is 0 Å². The number of methoxy groups -OCH3 is 1. The van der Waals surface area contributed by atoms with E-state index < -0.39 is 5.72 Å². The lowest BCUT2D eigenvalue weighted by atomic mass is 9.77. The number of anilines is 2. The summed E-state index contributed by atoms with van der Waals surface area (Å²) in [6.45, 7) is 9.12. The SMILES string of the molecule is COC1(C=CC2=C(Cl)C(=CC=C3N(C)c4ccccc4C3(C)C)CCC2)N(C)c2ccccc2C1(C)C. The maximum Gasteiger partial charge on any atom is 0.169 e. The van der Waals surface area contributed by atoms with Crippen molar-refractivity contribution in [3.8, 4) is 0 Å². The van der Waals surface area contributed by atoms with Crippen molar-refractivity contribution in [1.29, 1.82) is 0 Å². The van der Waals surface area contributed by atoms with Gasteiger partial charge in [0.25, 0.3) is 0 Å². The summed E-state index contributed by atoms with van der Waals surface area (Å²) in [4.78, 5) is 4.57. The molecule has 0 amide bonds. The van der Waals surface area contributed by atoms with Gasteiger partial charge in [-0.1, -0.05) is 87.8 Å². The number of rotatable bonds is 4. The molecule has 0 bridgehead atoms. The van der Waals surface area contributed by atoms with Gasteiger partial charge in [0.15, 0.2) is 5.72 Å². The van der Waals surface area contributed by atoms with E-state index in [4.69, 9.17) is 16.3 Å².